The molecular formula is C30H30F3N9O3. The molecule has 45 heavy (non-hydrogen) atoms. The van der Waals surface area contributed by atoms with Crippen LogP contribution in [0.15, 0.2) is 76.4 Å². The second-order valence-electron chi connectivity index (χ2n) is 10.8. The molecule has 4 aromatic rings. The smallest absolute Gasteiger partial charge is 0.342 e. The van der Waals surface area contributed by atoms with E-state index in [0.29, 0.717) is 48.5 Å². The van der Waals surface area contributed by atoms with Crippen molar-refractivity contribution in [3.8, 4) is 11.5 Å². The van der Waals surface area contributed by atoms with E-state index in [1.54, 1.807) is 35.2 Å². The standard InChI is InChI=1S/C30H30F3N9O3/c31-21-16-20(21)27(43)37-19-6-7-24-22(15-19)38-28(45-24)18-8-9-36-23(14-18)29(44)41-12-10-40(11-13-41)25(17-4-2-1-3-5-17)26(34)39-42(35)30(32)33/h1-9,14-15,20-21,25,30H,10-13,16,35H2,(H2,34,39)(H,37,43). The number of halogens is 3. The molecule has 2 amide bonds. The lowest BCUT2D eigenvalue weighted by Crippen LogP contribution is -2.52. The summed E-state index contributed by atoms with van der Waals surface area (Å²) in [5.41, 5.74) is 9.08. The van der Waals surface area contributed by atoms with Gasteiger partial charge in [-0.1, -0.05) is 30.3 Å². The Bertz CT molecular complexity index is 1730. The van der Waals surface area contributed by atoms with Crippen molar-refractivity contribution in [2.24, 2.45) is 22.6 Å². The zero-order valence-corrected chi connectivity index (χ0v) is 23.9. The fourth-order valence-corrected chi connectivity index (χ4v) is 5.26. The maximum Gasteiger partial charge on any atom is 0.342 e. The molecule has 5 N–H and O–H groups in total. The summed E-state index contributed by atoms with van der Waals surface area (Å²) in [5.74, 6) is 4.19. The van der Waals surface area contributed by atoms with Crippen molar-refractivity contribution >= 4 is 34.4 Å². The summed E-state index contributed by atoms with van der Waals surface area (Å²) in [7, 11) is 0. The largest absolute Gasteiger partial charge is 0.436 e. The van der Waals surface area contributed by atoms with Crippen LogP contribution in [0.5, 0.6) is 0 Å². The van der Waals surface area contributed by atoms with E-state index >= 15 is 0 Å². The fraction of sp³-hybridized carbons (Fsp3) is 0.300. The third kappa shape index (κ3) is 6.58. The molecule has 1 aliphatic carbocycles. The summed E-state index contributed by atoms with van der Waals surface area (Å²) in [4.78, 5) is 37.9. The Morgan fingerprint density at radius 1 is 1.07 bits per heavy atom. The van der Waals surface area contributed by atoms with Crippen molar-refractivity contribution in [3.63, 3.8) is 0 Å². The molecule has 3 heterocycles. The van der Waals surface area contributed by atoms with E-state index < -0.39 is 24.7 Å². The molecule has 0 radical (unpaired) electrons. The summed E-state index contributed by atoms with van der Waals surface area (Å²) in [6, 6.07) is 16.7. The van der Waals surface area contributed by atoms with Crippen LogP contribution < -0.4 is 16.9 Å². The van der Waals surface area contributed by atoms with E-state index in [1.807, 2.05) is 35.2 Å². The van der Waals surface area contributed by atoms with Crippen LogP contribution in [0.2, 0.25) is 0 Å². The Morgan fingerprint density at radius 3 is 2.49 bits per heavy atom. The molecule has 1 aliphatic heterocycles. The number of hydrogen-bond donors (Lipinski definition) is 3. The van der Waals surface area contributed by atoms with Gasteiger partial charge in [0.1, 0.15) is 23.2 Å². The number of amidine groups is 1. The van der Waals surface area contributed by atoms with Gasteiger partial charge >= 0.3 is 6.55 Å². The molecule has 2 fully saturated rings. The van der Waals surface area contributed by atoms with Crippen molar-refractivity contribution in [1.82, 2.24) is 24.9 Å². The minimum absolute atomic E-state index is 0.0222. The van der Waals surface area contributed by atoms with Gasteiger partial charge in [0.05, 0.1) is 12.0 Å². The molecular weight excluding hydrogens is 591 g/mol. The van der Waals surface area contributed by atoms with Crippen molar-refractivity contribution in [2.45, 2.75) is 25.2 Å². The predicted octanol–water partition coefficient (Wildman–Crippen LogP) is 3.36. The molecule has 2 aromatic heterocycles. The highest BCUT2D eigenvalue weighted by Gasteiger charge is 2.43. The van der Waals surface area contributed by atoms with Gasteiger partial charge in [-0.25, -0.2) is 15.2 Å². The number of hydrazine groups is 1. The first-order chi connectivity index (χ1) is 21.7. The van der Waals surface area contributed by atoms with Crippen LogP contribution >= 0.6 is 0 Å². The number of amides is 2. The summed E-state index contributed by atoms with van der Waals surface area (Å²) in [6.07, 6.45) is 0.629. The molecule has 12 nitrogen and oxygen atoms in total. The summed E-state index contributed by atoms with van der Waals surface area (Å²) in [6.45, 7) is -1.60. The number of nitrogens with two attached hydrogens (primary N) is 2. The highest BCUT2D eigenvalue weighted by Crippen LogP contribution is 2.35. The highest BCUT2D eigenvalue weighted by atomic mass is 19.3. The lowest BCUT2D eigenvalue weighted by Gasteiger charge is -2.39. The summed E-state index contributed by atoms with van der Waals surface area (Å²) < 4.78 is 45.2. The quantitative estimate of drug-likeness (QED) is 0.0838. The average molecular weight is 622 g/mol. The van der Waals surface area contributed by atoms with E-state index in [4.69, 9.17) is 16.0 Å². The maximum atomic E-state index is 13.5. The molecule has 2 aromatic carbocycles. The van der Waals surface area contributed by atoms with Gasteiger partial charge in [-0.2, -0.15) is 13.9 Å². The number of piperazine rings is 1. The van der Waals surface area contributed by atoms with Gasteiger partial charge in [-0.15, -0.1) is 5.10 Å². The molecule has 1 saturated heterocycles. The second-order valence-corrected chi connectivity index (χ2v) is 10.8. The molecule has 3 atom stereocenters. The number of anilines is 1. The van der Waals surface area contributed by atoms with E-state index in [1.165, 1.54) is 6.20 Å². The number of nitrogens with zero attached hydrogens (tertiary/aromatic N) is 6. The van der Waals surface area contributed by atoms with Crippen molar-refractivity contribution in [1.29, 1.82) is 0 Å². The Kier molecular flexibility index (Phi) is 8.36. The molecule has 3 unspecified atom stereocenters. The zero-order chi connectivity index (χ0) is 31.7. The second kappa shape index (κ2) is 12.5. The van der Waals surface area contributed by atoms with Gasteiger partial charge in [0.2, 0.25) is 11.8 Å². The van der Waals surface area contributed by atoms with Crippen LogP contribution in [-0.4, -0.2) is 81.4 Å². The van der Waals surface area contributed by atoms with Gasteiger partial charge in [-0.05, 0) is 42.3 Å². The number of carbonyl (C=O) groups excluding carboxylic acids is 2. The minimum Gasteiger partial charge on any atom is -0.436 e. The molecule has 0 spiro atoms. The molecule has 1 saturated carbocycles. The molecule has 6 rings (SSSR count). The first kappa shape index (κ1) is 30.0. The van der Waals surface area contributed by atoms with E-state index in [9.17, 15) is 22.8 Å². The van der Waals surface area contributed by atoms with E-state index in [-0.39, 0.29) is 40.8 Å². The van der Waals surface area contributed by atoms with Crippen LogP contribution in [0.3, 0.4) is 0 Å². The van der Waals surface area contributed by atoms with Crippen molar-refractivity contribution in [3.05, 3.63) is 78.1 Å². The number of hydrogen-bond acceptors (Lipinski definition) is 9. The Balaban J connectivity index is 1.14. The monoisotopic (exact) mass is 621 g/mol. The van der Waals surface area contributed by atoms with Crippen LogP contribution in [0.25, 0.3) is 22.6 Å². The van der Waals surface area contributed by atoms with Crippen LogP contribution in [0.4, 0.5) is 18.9 Å². The molecule has 0 bridgehead atoms. The third-order valence-electron chi connectivity index (χ3n) is 7.72. The van der Waals surface area contributed by atoms with Crippen LogP contribution in [0, 0.1) is 5.92 Å². The normalized spacial score (nSPS) is 19.5. The Hall–Kier alpha value is -5.02. The average Bonchev–Trinajstić information content (AvgIpc) is 3.63. The van der Waals surface area contributed by atoms with Crippen molar-refractivity contribution in [2.75, 3.05) is 31.5 Å². The molecule has 15 heteroatoms. The summed E-state index contributed by atoms with van der Waals surface area (Å²) >= 11 is 0. The van der Waals surface area contributed by atoms with Crippen molar-refractivity contribution < 1.29 is 27.2 Å². The molecule has 234 valence electrons. The SMILES string of the molecule is N/C(=N\N(N)C(F)F)C(c1ccccc1)N1CCN(C(=O)c2cc(-c3nc4cc(NC(=O)C5CC5F)ccc4o3)ccn2)CC1. The number of aromatic nitrogens is 2. The number of hydrazone groups is 1. The van der Waals surface area contributed by atoms with Crippen LogP contribution in [-0.2, 0) is 4.79 Å². The molecule has 2 aliphatic rings. The maximum absolute atomic E-state index is 13.5. The lowest BCUT2D eigenvalue weighted by molar-refractivity contribution is -0.117. The van der Waals surface area contributed by atoms with Gasteiger partial charge in [0.15, 0.2) is 5.58 Å². The predicted molar refractivity (Wildman–Crippen MR) is 159 cm³/mol. The Labute approximate surface area is 255 Å². The zero-order valence-electron chi connectivity index (χ0n) is 23.9. The topological polar surface area (TPSA) is 159 Å². The van der Waals surface area contributed by atoms with E-state index in [2.05, 4.69) is 20.4 Å². The fourth-order valence-electron chi connectivity index (χ4n) is 5.26. The number of fused-ring (bicyclic) bond motifs is 1. The van der Waals surface area contributed by atoms with Gasteiger partial charge in [0, 0.05) is 43.6 Å². The van der Waals surface area contributed by atoms with Gasteiger partial charge in [-0.3, -0.25) is 19.5 Å². The number of carbonyl (C=O) groups is 2. The number of nitrogens with one attached hydrogen (secondary N) is 1. The first-order valence-corrected chi connectivity index (χ1v) is 14.2. The van der Waals surface area contributed by atoms with Gasteiger partial charge < -0.3 is 20.4 Å². The van der Waals surface area contributed by atoms with Crippen LogP contribution in [0.1, 0.15) is 28.5 Å². The minimum atomic E-state index is -3.02. The number of pyridine rings is 1. The lowest BCUT2D eigenvalue weighted by atomic mass is 10.0. The highest BCUT2D eigenvalue weighted by molar-refractivity contribution is 5.96. The summed E-state index contributed by atoms with van der Waals surface area (Å²) in [5, 5.41) is 6.41. The van der Waals surface area contributed by atoms with Gasteiger partial charge in [0.25, 0.3) is 5.91 Å². The number of alkyl halides is 3. The third-order valence-corrected chi connectivity index (χ3v) is 7.72. The number of rotatable bonds is 9. The number of oxazole rings is 1. The first-order valence-electron chi connectivity index (χ1n) is 14.2. The Morgan fingerprint density at radius 2 is 1.80 bits per heavy atom. The van der Waals surface area contributed by atoms with E-state index in [0.717, 1.165) is 5.56 Å². The number of benzene rings is 2.